The average molecular weight is 257 g/mol. The van der Waals surface area contributed by atoms with E-state index in [1.807, 2.05) is 19.1 Å². The third-order valence-electron chi connectivity index (χ3n) is 3.04. The Balaban J connectivity index is 2.40. The van der Waals surface area contributed by atoms with Gasteiger partial charge in [0.2, 0.25) is 0 Å². The van der Waals surface area contributed by atoms with Crippen LogP contribution in [0.15, 0.2) is 16.6 Å². The predicted octanol–water partition coefficient (Wildman–Crippen LogP) is 4.55. The maximum absolute atomic E-state index is 13.8. The first-order chi connectivity index (χ1) is 6.68. The van der Waals surface area contributed by atoms with E-state index in [0.717, 1.165) is 28.4 Å². The molecule has 1 aromatic carbocycles. The minimum Gasteiger partial charge on any atom is -0.206 e. The molecule has 2 heteroatoms. The quantitative estimate of drug-likeness (QED) is 0.692. The fraction of sp³-hybridized carbons (Fsp3) is 0.500. The van der Waals surface area contributed by atoms with Crippen LogP contribution in [0.2, 0.25) is 0 Å². The third kappa shape index (κ3) is 1.85. The highest BCUT2D eigenvalue weighted by Gasteiger charge is 2.21. The average Bonchev–Trinajstić information content (AvgIpc) is 2.63. The third-order valence-corrected chi connectivity index (χ3v) is 3.50. The molecule has 0 aliphatic heterocycles. The molecule has 0 radical (unpaired) electrons. The van der Waals surface area contributed by atoms with Crippen LogP contribution in [0, 0.1) is 12.7 Å². The molecule has 76 valence electrons. The van der Waals surface area contributed by atoms with Crippen molar-refractivity contribution >= 4 is 15.9 Å². The molecule has 1 aliphatic carbocycles. The molecule has 0 saturated heterocycles. The van der Waals surface area contributed by atoms with E-state index in [1.54, 1.807) is 0 Å². The van der Waals surface area contributed by atoms with Crippen molar-refractivity contribution in [3.8, 4) is 0 Å². The maximum atomic E-state index is 13.8. The molecule has 0 unspecified atom stereocenters. The van der Waals surface area contributed by atoms with E-state index in [2.05, 4.69) is 15.9 Å². The van der Waals surface area contributed by atoms with Gasteiger partial charge >= 0.3 is 0 Å². The molecule has 1 aliphatic rings. The lowest BCUT2D eigenvalue weighted by Crippen LogP contribution is -1.99. The molecule has 0 amide bonds. The van der Waals surface area contributed by atoms with E-state index in [1.165, 1.54) is 12.8 Å². The summed E-state index contributed by atoms with van der Waals surface area (Å²) in [6.07, 6.45) is 4.78. The molecule has 2 rings (SSSR count). The van der Waals surface area contributed by atoms with Gasteiger partial charge in [0, 0.05) is 4.47 Å². The van der Waals surface area contributed by atoms with Crippen molar-refractivity contribution in [2.24, 2.45) is 0 Å². The van der Waals surface area contributed by atoms with E-state index < -0.39 is 0 Å². The Kier molecular flexibility index (Phi) is 2.91. The first kappa shape index (κ1) is 10.2. The van der Waals surface area contributed by atoms with Crippen molar-refractivity contribution in [2.75, 3.05) is 0 Å². The number of hydrogen-bond donors (Lipinski definition) is 0. The lowest BCUT2D eigenvalue weighted by molar-refractivity contribution is 0.572. The minimum absolute atomic E-state index is 0.0000926. The van der Waals surface area contributed by atoms with Crippen molar-refractivity contribution in [1.29, 1.82) is 0 Å². The smallest absolute Gasteiger partial charge is 0.129 e. The molecular weight excluding hydrogens is 243 g/mol. The Morgan fingerprint density at radius 1 is 1.29 bits per heavy atom. The number of benzene rings is 1. The van der Waals surface area contributed by atoms with E-state index in [0.29, 0.717) is 5.92 Å². The Morgan fingerprint density at radius 3 is 2.57 bits per heavy atom. The van der Waals surface area contributed by atoms with Crippen LogP contribution in [0.1, 0.15) is 42.7 Å². The van der Waals surface area contributed by atoms with E-state index >= 15 is 0 Å². The van der Waals surface area contributed by atoms with Gasteiger partial charge in [-0.15, -0.1) is 0 Å². The summed E-state index contributed by atoms with van der Waals surface area (Å²) in [5, 5.41) is 0. The molecular formula is C12H14BrF. The fourth-order valence-electron chi connectivity index (χ4n) is 2.29. The van der Waals surface area contributed by atoms with Gasteiger partial charge in [-0.25, -0.2) is 4.39 Å². The molecule has 0 N–H and O–H groups in total. The van der Waals surface area contributed by atoms with E-state index in [9.17, 15) is 4.39 Å². The largest absolute Gasteiger partial charge is 0.206 e. The molecule has 0 atom stereocenters. The number of rotatable bonds is 1. The minimum atomic E-state index is 0.0000926. The van der Waals surface area contributed by atoms with Crippen LogP contribution in [-0.2, 0) is 0 Å². The highest BCUT2D eigenvalue weighted by Crippen LogP contribution is 2.37. The van der Waals surface area contributed by atoms with E-state index in [4.69, 9.17) is 0 Å². The second-order valence-electron chi connectivity index (χ2n) is 4.11. The summed E-state index contributed by atoms with van der Waals surface area (Å²) in [5.74, 6) is 0.450. The lowest BCUT2D eigenvalue weighted by atomic mass is 9.95. The summed E-state index contributed by atoms with van der Waals surface area (Å²) < 4.78 is 14.8. The second kappa shape index (κ2) is 4.01. The van der Waals surface area contributed by atoms with Crippen LogP contribution >= 0.6 is 15.9 Å². The standard InChI is InChI=1S/C12H14BrF/c1-8-6-10(13)7-11(12(8)14)9-4-2-3-5-9/h6-7,9H,2-5H2,1H3. The summed E-state index contributed by atoms with van der Waals surface area (Å²) in [7, 11) is 0. The van der Waals surface area contributed by atoms with Gasteiger partial charge in [-0.05, 0) is 48.9 Å². The highest BCUT2D eigenvalue weighted by atomic mass is 79.9. The zero-order valence-corrected chi connectivity index (χ0v) is 9.90. The van der Waals surface area contributed by atoms with E-state index in [-0.39, 0.29) is 5.82 Å². The van der Waals surface area contributed by atoms with Gasteiger partial charge in [0.15, 0.2) is 0 Å². The van der Waals surface area contributed by atoms with Crippen LogP contribution in [0.4, 0.5) is 4.39 Å². The highest BCUT2D eigenvalue weighted by molar-refractivity contribution is 9.10. The van der Waals surface area contributed by atoms with Crippen molar-refractivity contribution in [3.63, 3.8) is 0 Å². The van der Waals surface area contributed by atoms with Gasteiger partial charge in [-0.3, -0.25) is 0 Å². The molecule has 1 aromatic rings. The van der Waals surface area contributed by atoms with Crippen LogP contribution in [0.3, 0.4) is 0 Å². The molecule has 0 bridgehead atoms. The SMILES string of the molecule is Cc1cc(Br)cc(C2CCCC2)c1F. The van der Waals surface area contributed by atoms with Crippen LogP contribution in [-0.4, -0.2) is 0 Å². The molecule has 0 aromatic heterocycles. The van der Waals surface area contributed by atoms with Gasteiger partial charge in [0.05, 0.1) is 0 Å². The van der Waals surface area contributed by atoms with Gasteiger partial charge in [0.25, 0.3) is 0 Å². The normalized spacial score (nSPS) is 17.6. The van der Waals surface area contributed by atoms with Crippen molar-refractivity contribution in [1.82, 2.24) is 0 Å². The lowest BCUT2D eigenvalue weighted by Gasteiger charge is -2.12. The molecule has 1 saturated carbocycles. The summed E-state index contributed by atoms with van der Waals surface area (Å²) in [5.41, 5.74) is 1.66. The van der Waals surface area contributed by atoms with Gasteiger partial charge in [-0.2, -0.15) is 0 Å². The Bertz CT molecular complexity index is 340. The van der Waals surface area contributed by atoms with Crippen molar-refractivity contribution < 1.29 is 4.39 Å². The Morgan fingerprint density at radius 2 is 1.93 bits per heavy atom. The summed E-state index contributed by atoms with van der Waals surface area (Å²) >= 11 is 3.43. The van der Waals surface area contributed by atoms with Crippen LogP contribution in [0.5, 0.6) is 0 Å². The number of halogens is 2. The van der Waals surface area contributed by atoms with Crippen LogP contribution < -0.4 is 0 Å². The summed E-state index contributed by atoms with van der Waals surface area (Å²) in [6.45, 7) is 1.83. The van der Waals surface area contributed by atoms with Crippen molar-refractivity contribution in [2.45, 2.75) is 38.5 Å². The summed E-state index contributed by atoms with van der Waals surface area (Å²) in [6, 6.07) is 3.78. The van der Waals surface area contributed by atoms with Gasteiger partial charge in [-0.1, -0.05) is 28.8 Å². The molecule has 1 fully saturated rings. The molecule has 0 heterocycles. The van der Waals surface area contributed by atoms with Gasteiger partial charge < -0.3 is 0 Å². The molecule has 0 spiro atoms. The number of aryl methyl sites for hydroxylation is 1. The molecule has 14 heavy (non-hydrogen) atoms. The van der Waals surface area contributed by atoms with Crippen LogP contribution in [0.25, 0.3) is 0 Å². The summed E-state index contributed by atoms with van der Waals surface area (Å²) in [4.78, 5) is 0. The van der Waals surface area contributed by atoms with Gasteiger partial charge in [0.1, 0.15) is 5.82 Å². The maximum Gasteiger partial charge on any atom is 0.129 e. The zero-order valence-electron chi connectivity index (χ0n) is 8.32. The zero-order chi connectivity index (χ0) is 10.1. The predicted molar refractivity (Wildman–Crippen MR) is 60.0 cm³/mol. The fourth-order valence-corrected chi connectivity index (χ4v) is 2.88. The monoisotopic (exact) mass is 256 g/mol. The molecule has 0 nitrogen and oxygen atoms in total. The number of hydrogen-bond acceptors (Lipinski definition) is 0. The first-order valence-corrected chi connectivity index (χ1v) is 5.93. The Hall–Kier alpha value is -0.370. The first-order valence-electron chi connectivity index (χ1n) is 5.14. The van der Waals surface area contributed by atoms with Crippen molar-refractivity contribution in [3.05, 3.63) is 33.5 Å². The topological polar surface area (TPSA) is 0 Å². The Labute approximate surface area is 92.6 Å². The second-order valence-corrected chi connectivity index (χ2v) is 5.02.